The topological polar surface area (TPSA) is 73.8 Å². The van der Waals surface area contributed by atoms with E-state index in [4.69, 9.17) is 4.52 Å². The summed E-state index contributed by atoms with van der Waals surface area (Å²) in [5.74, 6) is 0.827. The summed E-state index contributed by atoms with van der Waals surface area (Å²) in [4.78, 5) is 21.7. The Bertz CT molecular complexity index is 1370. The van der Waals surface area contributed by atoms with Crippen molar-refractivity contribution in [1.82, 2.24) is 19.7 Å². The van der Waals surface area contributed by atoms with Gasteiger partial charge in [-0.2, -0.15) is 4.98 Å². The summed E-state index contributed by atoms with van der Waals surface area (Å²) in [5.41, 5.74) is 3.32. The maximum atomic E-state index is 13.1. The molecule has 6 heteroatoms. The molecule has 0 fully saturated rings. The fourth-order valence-electron chi connectivity index (χ4n) is 3.31. The van der Waals surface area contributed by atoms with Crippen molar-refractivity contribution in [2.24, 2.45) is 0 Å². The van der Waals surface area contributed by atoms with Crippen LogP contribution in [-0.2, 0) is 0 Å². The second kappa shape index (κ2) is 6.83. The molecule has 2 aromatic carbocycles. The Kier molecular flexibility index (Phi) is 4.02. The Hall–Kier alpha value is -4.06. The third kappa shape index (κ3) is 3.00. The second-order valence-corrected chi connectivity index (χ2v) is 6.76. The number of benzene rings is 2. The van der Waals surface area contributed by atoms with E-state index in [2.05, 4.69) is 15.1 Å². The molecule has 0 spiro atoms. The monoisotopic (exact) mass is 380 g/mol. The molecule has 6 nitrogen and oxygen atoms in total. The minimum absolute atomic E-state index is 0.0953. The van der Waals surface area contributed by atoms with Gasteiger partial charge < -0.3 is 4.52 Å². The van der Waals surface area contributed by atoms with Crippen molar-refractivity contribution in [1.29, 1.82) is 0 Å². The van der Waals surface area contributed by atoms with Crippen LogP contribution in [0.1, 0.15) is 5.56 Å². The minimum atomic E-state index is -0.0953. The van der Waals surface area contributed by atoms with Gasteiger partial charge in [0.25, 0.3) is 11.4 Å². The fourth-order valence-corrected chi connectivity index (χ4v) is 3.31. The molecule has 0 saturated carbocycles. The minimum Gasteiger partial charge on any atom is -0.334 e. The predicted octanol–water partition coefficient (Wildman–Crippen LogP) is 4.41. The van der Waals surface area contributed by atoms with Crippen molar-refractivity contribution in [2.75, 3.05) is 0 Å². The largest absolute Gasteiger partial charge is 0.334 e. The molecule has 140 valence electrons. The number of rotatable bonds is 3. The van der Waals surface area contributed by atoms with Crippen LogP contribution in [-0.4, -0.2) is 19.7 Å². The SMILES string of the molecule is Cc1ccc(-n2cc(-c3nc(-c4ccncc4)no3)c3ccccc3c2=O)cc1. The fraction of sp³-hybridized carbons (Fsp3) is 0.0435. The first kappa shape index (κ1) is 17.1. The van der Waals surface area contributed by atoms with Gasteiger partial charge in [-0.25, -0.2) is 0 Å². The van der Waals surface area contributed by atoms with E-state index in [-0.39, 0.29) is 5.56 Å². The molecule has 0 aliphatic rings. The number of aryl methyl sites for hydroxylation is 1. The summed E-state index contributed by atoms with van der Waals surface area (Å²) in [7, 11) is 0. The van der Waals surface area contributed by atoms with E-state index < -0.39 is 0 Å². The van der Waals surface area contributed by atoms with Crippen LogP contribution < -0.4 is 5.56 Å². The van der Waals surface area contributed by atoms with Gasteiger partial charge in [0.05, 0.1) is 5.56 Å². The molecule has 3 aromatic heterocycles. The number of pyridine rings is 2. The third-order valence-corrected chi connectivity index (χ3v) is 4.83. The van der Waals surface area contributed by atoms with Crippen molar-refractivity contribution >= 4 is 10.8 Å². The van der Waals surface area contributed by atoms with Crippen molar-refractivity contribution < 1.29 is 4.52 Å². The van der Waals surface area contributed by atoms with Crippen LogP contribution in [0.3, 0.4) is 0 Å². The van der Waals surface area contributed by atoms with Crippen LogP contribution in [0.2, 0.25) is 0 Å². The summed E-state index contributed by atoms with van der Waals surface area (Å²) in [6.07, 6.45) is 5.12. The van der Waals surface area contributed by atoms with E-state index >= 15 is 0 Å². The van der Waals surface area contributed by atoms with Crippen LogP contribution in [0.5, 0.6) is 0 Å². The molecule has 3 heterocycles. The van der Waals surface area contributed by atoms with Crippen molar-refractivity contribution in [3.8, 4) is 28.5 Å². The van der Waals surface area contributed by atoms with Gasteiger partial charge in [-0.15, -0.1) is 0 Å². The first-order valence-electron chi connectivity index (χ1n) is 9.16. The molecular weight excluding hydrogens is 364 g/mol. The van der Waals surface area contributed by atoms with Gasteiger partial charge >= 0.3 is 0 Å². The molecule has 0 aliphatic heterocycles. The highest BCUT2D eigenvalue weighted by atomic mass is 16.5. The lowest BCUT2D eigenvalue weighted by atomic mass is 10.1. The molecule has 0 N–H and O–H groups in total. The molecule has 0 saturated heterocycles. The standard InChI is InChI=1S/C23H16N4O2/c1-15-6-8-17(9-7-15)27-14-20(18-4-2-3-5-19(18)23(27)28)22-25-21(26-29-22)16-10-12-24-13-11-16/h2-14H,1H3. The first-order chi connectivity index (χ1) is 14.2. The average Bonchev–Trinajstić information content (AvgIpc) is 3.26. The molecular formula is C23H16N4O2. The van der Waals surface area contributed by atoms with E-state index in [1.54, 1.807) is 23.2 Å². The Labute approximate surface area is 166 Å². The number of hydrogen-bond acceptors (Lipinski definition) is 5. The highest BCUT2D eigenvalue weighted by molar-refractivity contribution is 5.94. The molecule has 29 heavy (non-hydrogen) atoms. The number of aromatic nitrogens is 4. The Morgan fingerprint density at radius 2 is 1.62 bits per heavy atom. The van der Waals surface area contributed by atoms with Crippen LogP contribution in [0, 0.1) is 6.92 Å². The van der Waals surface area contributed by atoms with Crippen LogP contribution in [0.15, 0.2) is 88.6 Å². The Morgan fingerprint density at radius 3 is 2.38 bits per heavy atom. The number of hydrogen-bond donors (Lipinski definition) is 0. The Morgan fingerprint density at radius 1 is 0.897 bits per heavy atom. The number of nitrogens with zero attached hydrogens (tertiary/aromatic N) is 4. The summed E-state index contributed by atoms with van der Waals surface area (Å²) >= 11 is 0. The van der Waals surface area contributed by atoms with E-state index in [1.165, 1.54) is 0 Å². The summed E-state index contributed by atoms with van der Waals surface area (Å²) in [5, 5.41) is 5.47. The average molecular weight is 380 g/mol. The lowest BCUT2D eigenvalue weighted by molar-refractivity contribution is 0.432. The molecule has 0 aliphatic carbocycles. The van der Waals surface area contributed by atoms with Gasteiger partial charge in [0, 0.05) is 40.6 Å². The van der Waals surface area contributed by atoms with Crippen molar-refractivity contribution in [3.05, 3.63) is 95.2 Å². The zero-order valence-corrected chi connectivity index (χ0v) is 15.6. The van der Waals surface area contributed by atoms with Crippen LogP contribution in [0.25, 0.3) is 39.3 Å². The smallest absolute Gasteiger partial charge is 0.262 e. The lowest BCUT2D eigenvalue weighted by Crippen LogP contribution is -2.18. The zero-order chi connectivity index (χ0) is 19.8. The first-order valence-corrected chi connectivity index (χ1v) is 9.16. The third-order valence-electron chi connectivity index (χ3n) is 4.83. The van der Waals surface area contributed by atoms with Crippen LogP contribution >= 0.6 is 0 Å². The molecule has 5 aromatic rings. The van der Waals surface area contributed by atoms with Gasteiger partial charge in [-0.3, -0.25) is 14.3 Å². The zero-order valence-electron chi connectivity index (χ0n) is 15.6. The van der Waals surface area contributed by atoms with Gasteiger partial charge in [-0.1, -0.05) is 41.1 Å². The maximum Gasteiger partial charge on any atom is 0.262 e. The van der Waals surface area contributed by atoms with E-state index in [9.17, 15) is 4.79 Å². The van der Waals surface area contributed by atoms with Crippen molar-refractivity contribution in [3.63, 3.8) is 0 Å². The van der Waals surface area contributed by atoms with Crippen LogP contribution in [0.4, 0.5) is 0 Å². The molecule has 0 radical (unpaired) electrons. The Balaban J connectivity index is 1.74. The maximum absolute atomic E-state index is 13.1. The molecule has 0 amide bonds. The van der Waals surface area contributed by atoms with Crippen molar-refractivity contribution in [2.45, 2.75) is 6.92 Å². The quantitative estimate of drug-likeness (QED) is 0.463. The number of fused-ring (bicyclic) bond motifs is 1. The molecule has 0 bridgehead atoms. The summed E-state index contributed by atoms with van der Waals surface area (Å²) in [6, 6.07) is 18.9. The van der Waals surface area contributed by atoms with Gasteiger partial charge in [0.15, 0.2) is 0 Å². The highest BCUT2D eigenvalue weighted by Gasteiger charge is 2.17. The van der Waals surface area contributed by atoms with Gasteiger partial charge in [-0.05, 0) is 37.3 Å². The predicted molar refractivity (Wildman–Crippen MR) is 111 cm³/mol. The molecule has 0 unspecified atom stereocenters. The normalized spacial score (nSPS) is 11.1. The van der Waals surface area contributed by atoms with Gasteiger partial charge in [0.1, 0.15) is 0 Å². The van der Waals surface area contributed by atoms with E-state index in [0.717, 1.165) is 22.2 Å². The van der Waals surface area contributed by atoms with Gasteiger partial charge in [0.2, 0.25) is 5.82 Å². The highest BCUT2D eigenvalue weighted by Crippen LogP contribution is 2.28. The summed E-state index contributed by atoms with van der Waals surface area (Å²) < 4.78 is 7.18. The van der Waals surface area contributed by atoms with E-state index in [1.807, 2.05) is 67.6 Å². The van der Waals surface area contributed by atoms with E-state index in [0.29, 0.717) is 22.7 Å². The molecule has 0 atom stereocenters. The summed E-state index contributed by atoms with van der Waals surface area (Å²) in [6.45, 7) is 2.01. The molecule has 5 rings (SSSR count). The lowest BCUT2D eigenvalue weighted by Gasteiger charge is -2.10. The second-order valence-electron chi connectivity index (χ2n) is 6.76.